The molecule has 1 amide bonds. The Morgan fingerprint density at radius 3 is 2.81 bits per heavy atom. The fourth-order valence-electron chi connectivity index (χ4n) is 1.81. The molecule has 0 aliphatic rings. The Labute approximate surface area is 136 Å². The van der Waals surface area contributed by atoms with Crippen LogP contribution in [0.5, 0.6) is 5.75 Å². The van der Waals surface area contributed by atoms with Crippen molar-refractivity contribution >= 4 is 21.8 Å². The number of carbonyl (C=O) groups excluding carboxylic acids is 1. The number of rotatable bonds is 9. The summed E-state index contributed by atoms with van der Waals surface area (Å²) in [6.45, 7) is 4.54. The van der Waals surface area contributed by atoms with Gasteiger partial charge in [0.25, 0.3) is 0 Å². The predicted octanol–water partition coefficient (Wildman–Crippen LogP) is 3.20. The van der Waals surface area contributed by atoms with Gasteiger partial charge in [-0.15, -0.1) is 0 Å². The number of benzene rings is 1. The molecule has 0 unspecified atom stereocenters. The molecular formula is C16H25BrN2O2. The predicted molar refractivity (Wildman–Crippen MR) is 89.6 cm³/mol. The van der Waals surface area contributed by atoms with Crippen molar-refractivity contribution in [3.05, 3.63) is 28.2 Å². The van der Waals surface area contributed by atoms with Crippen LogP contribution in [0.2, 0.25) is 0 Å². The molecule has 4 nitrogen and oxygen atoms in total. The van der Waals surface area contributed by atoms with Crippen molar-refractivity contribution in [2.75, 3.05) is 27.2 Å². The van der Waals surface area contributed by atoms with E-state index in [0.29, 0.717) is 13.0 Å². The van der Waals surface area contributed by atoms with E-state index in [-0.39, 0.29) is 5.91 Å². The maximum Gasteiger partial charge on any atom is 0.222 e. The zero-order chi connectivity index (χ0) is 15.7. The zero-order valence-corrected chi connectivity index (χ0v) is 14.7. The van der Waals surface area contributed by atoms with Crippen LogP contribution < -0.4 is 10.1 Å². The Morgan fingerprint density at radius 1 is 1.38 bits per heavy atom. The van der Waals surface area contributed by atoms with Crippen molar-refractivity contribution in [1.29, 1.82) is 0 Å². The quantitative estimate of drug-likeness (QED) is 0.690. The summed E-state index contributed by atoms with van der Waals surface area (Å²) in [5.41, 5.74) is 1.19. The molecule has 1 N–H and O–H groups in total. The molecule has 5 heteroatoms. The molecule has 0 fully saturated rings. The highest BCUT2D eigenvalue weighted by Gasteiger charge is 2.05. The summed E-state index contributed by atoms with van der Waals surface area (Å²) in [5, 5.41) is 3.38. The van der Waals surface area contributed by atoms with Gasteiger partial charge in [-0.1, -0.05) is 22.9 Å². The normalized spacial score (nSPS) is 10.5. The van der Waals surface area contributed by atoms with E-state index < -0.39 is 0 Å². The average molecular weight is 357 g/mol. The molecular weight excluding hydrogens is 332 g/mol. The van der Waals surface area contributed by atoms with E-state index in [1.54, 1.807) is 19.0 Å². The standard InChI is InChI=1S/C16H25BrN2O2/c1-4-9-18-12-13-11-14(7-8-15(13)17)21-10-5-6-16(20)19(2)3/h7-8,11,18H,4-6,9-10,12H2,1-3H3. The van der Waals surface area contributed by atoms with Crippen LogP contribution in [0.25, 0.3) is 0 Å². The molecule has 0 heterocycles. The number of halogens is 1. The number of nitrogens with zero attached hydrogens (tertiary/aromatic N) is 1. The summed E-state index contributed by atoms with van der Waals surface area (Å²) in [6.07, 6.45) is 2.37. The third-order valence-corrected chi connectivity index (χ3v) is 3.84. The van der Waals surface area contributed by atoms with Gasteiger partial charge in [-0.05, 0) is 43.1 Å². The lowest BCUT2D eigenvalue weighted by Crippen LogP contribution is -2.21. The lowest BCUT2D eigenvalue weighted by molar-refractivity contribution is -0.128. The Kier molecular flexibility index (Phi) is 8.38. The summed E-state index contributed by atoms with van der Waals surface area (Å²) in [4.78, 5) is 13.1. The number of hydrogen-bond donors (Lipinski definition) is 1. The number of nitrogens with one attached hydrogen (secondary N) is 1. The van der Waals surface area contributed by atoms with Crippen molar-refractivity contribution < 1.29 is 9.53 Å². The molecule has 0 aromatic heterocycles. The summed E-state index contributed by atoms with van der Waals surface area (Å²) < 4.78 is 6.80. The minimum atomic E-state index is 0.138. The Bertz CT molecular complexity index is 450. The molecule has 0 aliphatic carbocycles. The second-order valence-electron chi connectivity index (χ2n) is 5.17. The number of ether oxygens (including phenoxy) is 1. The van der Waals surface area contributed by atoms with Crippen molar-refractivity contribution in [2.45, 2.75) is 32.7 Å². The highest BCUT2D eigenvalue weighted by atomic mass is 79.9. The Balaban J connectivity index is 2.41. The van der Waals surface area contributed by atoms with Crippen LogP contribution in [0.15, 0.2) is 22.7 Å². The van der Waals surface area contributed by atoms with Gasteiger partial charge in [-0.3, -0.25) is 4.79 Å². The van der Waals surface area contributed by atoms with Crippen molar-refractivity contribution in [3.8, 4) is 5.75 Å². The first kappa shape index (κ1) is 18.0. The second-order valence-corrected chi connectivity index (χ2v) is 6.02. The van der Waals surface area contributed by atoms with Gasteiger partial charge in [0.15, 0.2) is 0 Å². The molecule has 0 atom stereocenters. The van der Waals surface area contributed by atoms with Crippen LogP contribution in [0.4, 0.5) is 0 Å². The molecule has 118 valence electrons. The van der Waals surface area contributed by atoms with Gasteiger partial charge in [0.1, 0.15) is 5.75 Å². The first-order chi connectivity index (χ1) is 10.0. The van der Waals surface area contributed by atoms with Gasteiger partial charge in [-0.2, -0.15) is 0 Å². The third kappa shape index (κ3) is 6.96. The molecule has 1 rings (SSSR count). The number of amides is 1. The van der Waals surface area contributed by atoms with Crippen LogP contribution in [0.3, 0.4) is 0 Å². The molecule has 0 spiro atoms. The highest BCUT2D eigenvalue weighted by molar-refractivity contribution is 9.10. The van der Waals surface area contributed by atoms with Crippen molar-refractivity contribution in [2.24, 2.45) is 0 Å². The van der Waals surface area contributed by atoms with Crippen molar-refractivity contribution in [3.63, 3.8) is 0 Å². The van der Waals surface area contributed by atoms with Crippen LogP contribution in [0, 0.1) is 0 Å². The summed E-state index contributed by atoms with van der Waals surface area (Å²) in [6, 6.07) is 5.99. The summed E-state index contributed by atoms with van der Waals surface area (Å²) in [7, 11) is 3.54. The average Bonchev–Trinajstić information content (AvgIpc) is 2.46. The zero-order valence-electron chi connectivity index (χ0n) is 13.1. The largest absolute Gasteiger partial charge is 0.494 e. The monoisotopic (exact) mass is 356 g/mol. The molecule has 0 bridgehead atoms. The second kappa shape index (κ2) is 9.79. The lowest BCUT2D eigenvalue weighted by Gasteiger charge is -2.12. The van der Waals surface area contributed by atoms with Gasteiger partial charge in [0.2, 0.25) is 5.91 Å². The maximum absolute atomic E-state index is 11.5. The minimum Gasteiger partial charge on any atom is -0.494 e. The van der Waals surface area contributed by atoms with Gasteiger partial charge >= 0.3 is 0 Å². The lowest BCUT2D eigenvalue weighted by atomic mass is 10.2. The van der Waals surface area contributed by atoms with E-state index in [1.165, 1.54) is 5.56 Å². The first-order valence-corrected chi connectivity index (χ1v) is 8.16. The minimum absolute atomic E-state index is 0.138. The smallest absolute Gasteiger partial charge is 0.222 e. The summed E-state index contributed by atoms with van der Waals surface area (Å²) >= 11 is 3.55. The van der Waals surface area contributed by atoms with E-state index in [0.717, 1.165) is 36.2 Å². The third-order valence-electron chi connectivity index (χ3n) is 3.06. The van der Waals surface area contributed by atoms with Crippen LogP contribution >= 0.6 is 15.9 Å². The fourth-order valence-corrected chi connectivity index (χ4v) is 2.20. The fraction of sp³-hybridized carbons (Fsp3) is 0.562. The molecule has 1 aromatic rings. The Morgan fingerprint density at radius 2 is 2.14 bits per heavy atom. The SMILES string of the molecule is CCCNCc1cc(OCCCC(=O)N(C)C)ccc1Br. The first-order valence-electron chi connectivity index (χ1n) is 7.36. The molecule has 0 aliphatic heterocycles. The molecule has 0 saturated carbocycles. The van der Waals surface area contributed by atoms with Gasteiger partial charge in [-0.25, -0.2) is 0 Å². The van der Waals surface area contributed by atoms with Crippen LogP contribution in [-0.2, 0) is 11.3 Å². The Hall–Kier alpha value is -1.07. The number of carbonyl (C=O) groups is 1. The summed E-state index contributed by atoms with van der Waals surface area (Å²) in [5.74, 6) is 0.989. The van der Waals surface area contributed by atoms with Gasteiger partial charge < -0.3 is 15.0 Å². The van der Waals surface area contributed by atoms with E-state index in [9.17, 15) is 4.79 Å². The maximum atomic E-state index is 11.5. The van der Waals surface area contributed by atoms with Gasteiger partial charge in [0, 0.05) is 31.5 Å². The van der Waals surface area contributed by atoms with Crippen LogP contribution in [-0.4, -0.2) is 38.1 Å². The highest BCUT2D eigenvalue weighted by Crippen LogP contribution is 2.22. The molecule has 0 radical (unpaired) electrons. The molecule has 21 heavy (non-hydrogen) atoms. The van der Waals surface area contributed by atoms with E-state index in [2.05, 4.69) is 28.2 Å². The van der Waals surface area contributed by atoms with E-state index >= 15 is 0 Å². The van der Waals surface area contributed by atoms with Gasteiger partial charge in [0.05, 0.1) is 6.61 Å². The van der Waals surface area contributed by atoms with Crippen LogP contribution in [0.1, 0.15) is 31.7 Å². The number of hydrogen-bond acceptors (Lipinski definition) is 3. The topological polar surface area (TPSA) is 41.6 Å². The van der Waals surface area contributed by atoms with Crippen molar-refractivity contribution in [1.82, 2.24) is 10.2 Å². The van der Waals surface area contributed by atoms with E-state index in [4.69, 9.17) is 4.74 Å². The molecule has 1 aromatic carbocycles. The molecule has 0 saturated heterocycles. The van der Waals surface area contributed by atoms with E-state index in [1.807, 2.05) is 18.2 Å².